The van der Waals surface area contributed by atoms with Crippen LogP contribution in [0.1, 0.15) is 25.7 Å². The van der Waals surface area contributed by atoms with Crippen molar-refractivity contribution < 1.29 is 14.3 Å². The van der Waals surface area contributed by atoms with Crippen LogP contribution in [0.15, 0.2) is 42.6 Å². The summed E-state index contributed by atoms with van der Waals surface area (Å²) in [7, 11) is 0. The van der Waals surface area contributed by atoms with E-state index in [9.17, 15) is 9.59 Å². The molecule has 0 radical (unpaired) electrons. The minimum Gasteiger partial charge on any atom is -0.439 e. The molecule has 3 rings (SSSR count). The quantitative estimate of drug-likeness (QED) is 0.863. The van der Waals surface area contributed by atoms with Gasteiger partial charge in [-0.15, -0.1) is 0 Å². The number of nitrogens with one attached hydrogen (secondary N) is 1. The van der Waals surface area contributed by atoms with Crippen molar-refractivity contribution in [1.82, 2.24) is 9.88 Å². The fourth-order valence-corrected chi connectivity index (χ4v) is 2.84. The summed E-state index contributed by atoms with van der Waals surface area (Å²) in [5.41, 5.74) is 0.556. The van der Waals surface area contributed by atoms with Gasteiger partial charge in [0.15, 0.2) is 0 Å². The number of ether oxygens (including phenoxy) is 1. The van der Waals surface area contributed by atoms with E-state index in [1.54, 1.807) is 41.3 Å². The number of benzene rings is 1. The van der Waals surface area contributed by atoms with Gasteiger partial charge in [0.1, 0.15) is 5.75 Å². The number of aromatic nitrogens is 1. The fraction of sp³-hybridized carbons (Fsp3) is 0.316. The van der Waals surface area contributed by atoms with Gasteiger partial charge < -0.3 is 15.0 Å². The van der Waals surface area contributed by atoms with Gasteiger partial charge in [-0.25, -0.2) is 4.98 Å². The summed E-state index contributed by atoms with van der Waals surface area (Å²) in [5, 5.41) is 3.39. The second-order valence-corrected chi connectivity index (χ2v) is 6.55. The van der Waals surface area contributed by atoms with E-state index in [2.05, 4.69) is 10.3 Å². The van der Waals surface area contributed by atoms with Crippen LogP contribution in [0.2, 0.25) is 5.02 Å². The molecule has 1 N–H and O–H groups in total. The van der Waals surface area contributed by atoms with E-state index in [1.165, 1.54) is 6.20 Å². The Labute approximate surface area is 157 Å². The normalized spacial score (nSPS) is 14.7. The van der Waals surface area contributed by atoms with Crippen molar-refractivity contribution in [2.45, 2.75) is 25.7 Å². The van der Waals surface area contributed by atoms with Gasteiger partial charge in [-0.1, -0.05) is 18.0 Å². The standard InChI is InChI=1S/C19H20ClN3O3/c20-14-5-8-16(9-6-14)26-18-10-7-15(12-21-18)22-17(24)13-23-11-3-1-2-4-19(23)25/h5-10,12H,1-4,11,13H2,(H,22,24). The van der Waals surface area contributed by atoms with Crippen LogP contribution in [0.3, 0.4) is 0 Å². The van der Waals surface area contributed by atoms with Crippen molar-refractivity contribution >= 4 is 29.1 Å². The number of hydrogen-bond acceptors (Lipinski definition) is 4. The molecular formula is C19H20ClN3O3. The lowest BCUT2D eigenvalue weighted by atomic mass is 10.2. The zero-order chi connectivity index (χ0) is 18.4. The molecule has 1 aromatic heterocycles. The number of carbonyl (C=O) groups excluding carboxylic acids is 2. The van der Waals surface area contributed by atoms with Crippen molar-refractivity contribution in [1.29, 1.82) is 0 Å². The Morgan fingerprint density at radius 3 is 2.69 bits per heavy atom. The van der Waals surface area contributed by atoms with E-state index < -0.39 is 0 Å². The number of nitrogens with zero attached hydrogens (tertiary/aromatic N) is 2. The van der Waals surface area contributed by atoms with Crippen molar-refractivity contribution in [2.75, 3.05) is 18.4 Å². The van der Waals surface area contributed by atoms with Crippen LogP contribution in [0.5, 0.6) is 11.6 Å². The predicted octanol–water partition coefficient (Wildman–Crippen LogP) is 3.87. The molecule has 136 valence electrons. The average molecular weight is 374 g/mol. The highest BCUT2D eigenvalue weighted by atomic mass is 35.5. The molecule has 7 heteroatoms. The zero-order valence-corrected chi connectivity index (χ0v) is 15.0. The number of likely N-dealkylation sites (tertiary alicyclic amines) is 1. The van der Waals surface area contributed by atoms with E-state index in [1.807, 2.05) is 0 Å². The molecule has 1 saturated heterocycles. The maximum Gasteiger partial charge on any atom is 0.244 e. The lowest BCUT2D eigenvalue weighted by Crippen LogP contribution is -2.37. The number of hydrogen-bond donors (Lipinski definition) is 1. The first-order valence-electron chi connectivity index (χ1n) is 8.57. The summed E-state index contributed by atoms with van der Waals surface area (Å²) in [5.74, 6) is 0.849. The molecule has 1 aliphatic heterocycles. The SMILES string of the molecule is O=C(CN1CCCCCC1=O)Nc1ccc(Oc2ccc(Cl)cc2)nc1. The molecule has 0 unspecified atom stereocenters. The molecule has 0 spiro atoms. The van der Waals surface area contributed by atoms with Crippen molar-refractivity contribution in [2.24, 2.45) is 0 Å². The van der Waals surface area contributed by atoms with Crippen LogP contribution >= 0.6 is 11.6 Å². The molecular weight excluding hydrogens is 354 g/mol. The highest BCUT2D eigenvalue weighted by Gasteiger charge is 2.19. The van der Waals surface area contributed by atoms with Crippen LogP contribution < -0.4 is 10.1 Å². The second-order valence-electron chi connectivity index (χ2n) is 6.12. The molecule has 1 fully saturated rings. The molecule has 1 aliphatic rings. The molecule has 2 amide bonds. The minimum atomic E-state index is -0.228. The van der Waals surface area contributed by atoms with Gasteiger partial charge in [-0.2, -0.15) is 0 Å². The third kappa shape index (κ3) is 5.20. The predicted molar refractivity (Wildman–Crippen MR) is 99.4 cm³/mol. The molecule has 2 aromatic rings. The Hall–Kier alpha value is -2.60. The average Bonchev–Trinajstić information content (AvgIpc) is 2.83. The van der Waals surface area contributed by atoms with Crippen LogP contribution in [-0.4, -0.2) is 34.8 Å². The second kappa shape index (κ2) is 8.67. The van der Waals surface area contributed by atoms with Gasteiger partial charge in [0, 0.05) is 24.1 Å². The highest BCUT2D eigenvalue weighted by molar-refractivity contribution is 6.30. The van der Waals surface area contributed by atoms with Crippen LogP contribution in [0.4, 0.5) is 5.69 Å². The Balaban J connectivity index is 1.54. The summed E-state index contributed by atoms with van der Waals surface area (Å²) in [6, 6.07) is 10.3. The van der Waals surface area contributed by atoms with E-state index >= 15 is 0 Å². The number of pyridine rings is 1. The Kier molecular flexibility index (Phi) is 6.07. The summed E-state index contributed by atoms with van der Waals surface area (Å²) in [4.78, 5) is 29.9. The lowest BCUT2D eigenvalue weighted by Gasteiger charge is -2.19. The maximum atomic E-state index is 12.2. The number of carbonyl (C=O) groups is 2. The number of anilines is 1. The van der Waals surface area contributed by atoms with Gasteiger partial charge in [0.05, 0.1) is 18.4 Å². The minimum absolute atomic E-state index is 0.0440. The molecule has 1 aromatic carbocycles. The molecule has 0 saturated carbocycles. The Morgan fingerprint density at radius 1 is 1.15 bits per heavy atom. The van der Waals surface area contributed by atoms with Gasteiger partial charge in [-0.05, 0) is 43.2 Å². The molecule has 6 nitrogen and oxygen atoms in total. The van der Waals surface area contributed by atoms with E-state index in [0.29, 0.717) is 35.3 Å². The molecule has 0 atom stereocenters. The van der Waals surface area contributed by atoms with Gasteiger partial charge in [0.25, 0.3) is 0 Å². The zero-order valence-electron chi connectivity index (χ0n) is 14.3. The number of halogens is 1. The number of rotatable bonds is 5. The summed E-state index contributed by atoms with van der Waals surface area (Å²) in [6.07, 6.45) is 4.91. The van der Waals surface area contributed by atoms with Crippen molar-refractivity contribution in [3.63, 3.8) is 0 Å². The number of amides is 2. The first-order valence-corrected chi connectivity index (χ1v) is 8.95. The summed E-state index contributed by atoms with van der Waals surface area (Å²) < 4.78 is 5.61. The van der Waals surface area contributed by atoms with Crippen LogP contribution in [-0.2, 0) is 9.59 Å². The van der Waals surface area contributed by atoms with Gasteiger partial charge in [-0.3, -0.25) is 9.59 Å². The van der Waals surface area contributed by atoms with Crippen LogP contribution in [0, 0.1) is 0 Å². The Bertz CT molecular complexity index is 763. The smallest absolute Gasteiger partial charge is 0.244 e. The third-order valence-corrected chi connectivity index (χ3v) is 4.31. The topological polar surface area (TPSA) is 71.5 Å². The summed E-state index contributed by atoms with van der Waals surface area (Å²) in [6.45, 7) is 0.709. The lowest BCUT2D eigenvalue weighted by molar-refractivity contribution is -0.134. The van der Waals surface area contributed by atoms with Gasteiger partial charge in [0.2, 0.25) is 17.7 Å². The monoisotopic (exact) mass is 373 g/mol. The van der Waals surface area contributed by atoms with Gasteiger partial charge >= 0.3 is 0 Å². The van der Waals surface area contributed by atoms with Crippen molar-refractivity contribution in [3.05, 3.63) is 47.6 Å². The first kappa shape index (κ1) is 18.2. The van der Waals surface area contributed by atoms with Crippen LogP contribution in [0.25, 0.3) is 0 Å². The Morgan fingerprint density at radius 2 is 1.96 bits per heavy atom. The highest BCUT2D eigenvalue weighted by Crippen LogP contribution is 2.22. The summed E-state index contributed by atoms with van der Waals surface area (Å²) >= 11 is 5.84. The van der Waals surface area contributed by atoms with E-state index in [-0.39, 0.29) is 18.4 Å². The molecule has 0 bridgehead atoms. The molecule has 2 heterocycles. The largest absolute Gasteiger partial charge is 0.439 e. The third-order valence-electron chi connectivity index (χ3n) is 4.06. The van der Waals surface area contributed by atoms with Crippen molar-refractivity contribution in [3.8, 4) is 11.6 Å². The van der Waals surface area contributed by atoms with E-state index in [4.69, 9.17) is 16.3 Å². The molecule has 26 heavy (non-hydrogen) atoms. The van der Waals surface area contributed by atoms with E-state index in [0.717, 1.165) is 19.3 Å². The maximum absolute atomic E-state index is 12.2. The molecule has 0 aliphatic carbocycles. The first-order chi connectivity index (χ1) is 12.6. The fourth-order valence-electron chi connectivity index (χ4n) is 2.72.